The summed E-state index contributed by atoms with van der Waals surface area (Å²) in [6.07, 6.45) is 0.954. The third-order valence-electron chi connectivity index (χ3n) is 4.95. The van der Waals surface area contributed by atoms with Crippen molar-refractivity contribution in [3.8, 4) is 0 Å². The largest absolute Gasteiger partial charge is 0.357 e. The Balaban J connectivity index is 1.77. The van der Waals surface area contributed by atoms with Crippen LogP contribution >= 0.6 is 11.6 Å². The second-order valence-corrected chi connectivity index (χ2v) is 7.28. The molecule has 1 fully saturated rings. The van der Waals surface area contributed by atoms with E-state index in [1.807, 2.05) is 12.1 Å². The lowest BCUT2D eigenvalue weighted by molar-refractivity contribution is 0.109. The summed E-state index contributed by atoms with van der Waals surface area (Å²) in [4.78, 5) is 9.85. The Labute approximate surface area is 163 Å². The van der Waals surface area contributed by atoms with Crippen molar-refractivity contribution < 1.29 is 0 Å². The van der Waals surface area contributed by atoms with E-state index in [1.165, 1.54) is 18.7 Å². The minimum atomic E-state index is 0.473. The zero-order valence-electron chi connectivity index (χ0n) is 16.5. The monoisotopic (exact) mass is 379 g/mol. The number of nitrogens with zero attached hydrogens (tertiary/aromatic N) is 3. The fourth-order valence-electron chi connectivity index (χ4n) is 3.18. The van der Waals surface area contributed by atoms with Crippen LogP contribution in [0.1, 0.15) is 26.3 Å². The summed E-state index contributed by atoms with van der Waals surface area (Å²) in [5, 5.41) is 7.56. The van der Waals surface area contributed by atoms with Gasteiger partial charge in [-0.05, 0) is 44.5 Å². The van der Waals surface area contributed by atoms with Crippen LogP contribution in [0.4, 0.5) is 0 Å². The van der Waals surface area contributed by atoms with Crippen LogP contribution in [0.3, 0.4) is 0 Å². The first-order valence-corrected chi connectivity index (χ1v) is 10.2. The molecular formula is C20H34ClN5. The zero-order chi connectivity index (χ0) is 18.8. The average Bonchev–Trinajstić information content (AvgIpc) is 2.67. The molecule has 146 valence electrons. The second-order valence-electron chi connectivity index (χ2n) is 6.84. The molecule has 1 heterocycles. The third-order valence-corrected chi connectivity index (χ3v) is 5.21. The normalized spacial score (nSPS) is 17.9. The molecule has 5 nitrogen and oxygen atoms in total. The summed E-state index contributed by atoms with van der Waals surface area (Å²) in [5.41, 5.74) is 1.28. The molecule has 1 unspecified atom stereocenters. The van der Waals surface area contributed by atoms with Crippen LogP contribution in [-0.2, 0) is 6.42 Å². The van der Waals surface area contributed by atoms with Gasteiger partial charge in [-0.15, -0.1) is 0 Å². The molecule has 0 saturated carbocycles. The third kappa shape index (κ3) is 7.14. The highest BCUT2D eigenvalue weighted by molar-refractivity contribution is 6.30. The summed E-state index contributed by atoms with van der Waals surface area (Å²) in [6.45, 7) is 15.0. The number of halogens is 1. The molecule has 1 atom stereocenters. The van der Waals surface area contributed by atoms with Crippen molar-refractivity contribution in [2.24, 2.45) is 4.99 Å². The van der Waals surface area contributed by atoms with E-state index >= 15 is 0 Å². The highest BCUT2D eigenvalue weighted by atomic mass is 35.5. The molecule has 1 aromatic rings. The van der Waals surface area contributed by atoms with Crippen molar-refractivity contribution in [2.75, 3.05) is 52.4 Å². The smallest absolute Gasteiger partial charge is 0.191 e. The minimum Gasteiger partial charge on any atom is -0.357 e. The Hall–Kier alpha value is -1.30. The number of hydrogen-bond acceptors (Lipinski definition) is 3. The molecule has 0 aliphatic carbocycles. The summed E-state index contributed by atoms with van der Waals surface area (Å²) in [7, 11) is 0. The molecule has 0 amide bonds. The van der Waals surface area contributed by atoms with E-state index in [0.717, 1.165) is 56.7 Å². The SMILES string of the molecule is CCNC(=NCC(C)N1CCN(CC)CC1)NCCc1ccc(Cl)cc1. The first-order chi connectivity index (χ1) is 12.6. The number of rotatable bonds is 8. The van der Waals surface area contributed by atoms with E-state index < -0.39 is 0 Å². The van der Waals surface area contributed by atoms with E-state index in [4.69, 9.17) is 16.6 Å². The van der Waals surface area contributed by atoms with Crippen LogP contribution < -0.4 is 10.6 Å². The fraction of sp³-hybridized carbons (Fsp3) is 0.650. The van der Waals surface area contributed by atoms with Gasteiger partial charge in [0, 0.05) is 50.3 Å². The first-order valence-electron chi connectivity index (χ1n) is 9.85. The van der Waals surface area contributed by atoms with Gasteiger partial charge < -0.3 is 15.5 Å². The van der Waals surface area contributed by atoms with Crippen molar-refractivity contribution in [1.82, 2.24) is 20.4 Å². The zero-order valence-corrected chi connectivity index (χ0v) is 17.2. The van der Waals surface area contributed by atoms with Gasteiger partial charge in [-0.3, -0.25) is 9.89 Å². The molecule has 1 saturated heterocycles. The standard InChI is InChI=1S/C20H34ClN5/c1-4-22-20(23-11-10-18-6-8-19(21)9-7-18)24-16-17(3)26-14-12-25(5-2)13-15-26/h6-9,17H,4-5,10-16H2,1-3H3,(H2,22,23,24). The lowest BCUT2D eigenvalue weighted by atomic mass is 10.1. The molecule has 6 heteroatoms. The molecule has 0 bridgehead atoms. The molecule has 0 spiro atoms. The van der Waals surface area contributed by atoms with Crippen LogP contribution in [-0.4, -0.2) is 74.2 Å². The lowest BCUT2D eigenvalue weighted by Crippen LogP contribution is -2.50. The van der Waals surface area contributed by atoms with Gasteiger partial charge in [-0.1, -0.05) is 30.7 Å². The van der Waals surface area contributed by atoms with Gasteiger partial charge in [0.15, 0.2) is 5.96 Å². The predicted octanol–water partition coefficient (Wildman–Crippen LogP) is 2.46. The van der Waals surface area contributed by atoms with Crippen LogP contribution in [0.15, 0.2) is 29.3 Å². The highest BCUT2D eigenvalue weighted by Crippen LogP contribution is 2.09. The summed E-state index contributed by atoms with van der Waals surface area (Å²) >= 11 is 5.94. The van der Waals surface area contributed by atoms with Gasteiger partial charge in [-0.2, -0.15) is 0 Å². The Kier molecular flexibility index (Phi) is 9.23. The molecule has 2 N–H and O–H groups in total. The van der Waals surface area contributed by atoms with Gasteiger partial charge in [0.25, 0.3) is 0 Å². The lowest BCUT2D eigenvalue weighted by Gasteiger charge is -2.37. The maximum atomic E-state index is 5.94. The number of nitrogens with one attached hydrogen (secondary N) is 2. The van der Waals surface area contributed by atoms with Crippen LogP contribution in [0.2, 0.25) is 5.02 Å². The molecule has 2 rings (SSSR count). The van der Waals surface area contributed by atoms with Crippen LogP contribution in [0, 0.1) is 0 Å². The average molecular weight is 380 g/mol. The van der Waals surface area contributed by atoms with E-state index in [1.54, 1.807) is 0 Å². The van der Waals surface area contributed by atoms with E-state index in [9.17, 15) is 0 Å². The summed E-state index contributed by atoms with van der Waals surface area (Å²) in [5.74, 6) is 0.903. The first kappa shape index (κ1) is 21.0. The maximum absolute atomic E-state index is 5.94. The predicted molar refractivity (Wildman–Crippen MR) is 112 cm³/mol. The summed E-state index contributed by atoms with van der Waals surface area (Å²) in [6, 6.07) is 8.51. The van der Waals surface area contributed by atoms with Crippen molar-refractivity contribution in [2.45, 2.75) is 33.2 Å². The van der Waals surface area contributed by atoms with Crippen molar-refractivity contribution in [3.63, 3.8) is 0 Å². The number of benzene rings is 1. The van der Waals surface area contributed by atoms with E-state index in [0.29, 0.717) is 6.04 Å². The quantitative estimate of drug-likeness (QED) is 0.538. The van der Waals surface area contributed by atoms with Gasteiger partial charge in [0.1, 0.15) is 0 Å². The van der Waals surface area contributed by atoms with Gasteiger partial charge in [0.2, 0.25) is 0 Å². The molecule has 1 aromatic carbocycles. The molecule has 1 aliphatic rings. The topological polar surface area (TPSA) is 42.9 Å². The van der Waals surface area contributed by atoms with Crippen molar-refractivity contribution >= 4 is 17.6 Å². The molecular weight excluding hydrogens is 346 g/mol. The van der Waals surface area contributed by atoms with Crippen LogP contribution in [0.5, 0.6) is 0 Å². The Morgan fingerprint density at radius 3 is 2.42 bits per heavy atom. The van der Waals surface area contributed by atoms with Crippen LogP contribution in [0.25, 0.3) is 0 Å². The molecule has 0 radical (unpaired) electrons. The Bertz CT molecular complexity index is 538. The maximum Gasteiger partial charge on any atom is 0.191 e. The number of guanidine groups is 1. The van der Waals surface area contributed by atoms with Gasteiger partial charge >= 0.3 is 0 Å². The van der Waals surface area contributed by atoms with E-state index in [2.05, 4.69) is 53.3 Å². The van der Waals surface area contributed by atoms with Gasteiger partial charge in [0.05, 0.1) is 6.54 Å². The highest BCUT2D eigenvalue weighted by Gasteiger charge is 2.19. The minimum absolute atomic E-state index is 0.473. The number of hydrogen-bond donors (Lipinski definition) is 2. The molecule has 1 aliphatic heterocycles. The fourth-order valence-corrected chi connectivity index (χ4v) is 3.30. The van der Waals surface area contributed by atoms with Crippen molar-refractivity contribution in [3.05, 3.63) is 34.9 Å². The van der Waals surface area contributed by atoms with Crippen molar-refractivity contribution in [1.29, 1.82) is 0 Å². The molecule has 26 heavy (non-hydrogen) atoms. The number of likely N-dealkylation sites (N-methyl/N-ethyl adjacent to an activating group) is 1. The molecule has 0 aromatic heterocycles. The Morgan fingerprint density at radius 2 is 1.81 bits per heavy atom. The second kappa shape index (κ2) is 11.4. The van der Waals surface area contributed by atoms with Gasteiger partial charge in [-0.25, -0.2) is 0 Å². The number of aliphatic imine (C=N–C) groups is 1. The van der Waals surface area contributed by atoms with E-state index in [-0.39, 0.29) is 0 Å². The number of piperazine rings is 1. The Morgan fingerprint density at radius 1 is 1.12 bits per heavy atom. The summed E-state index contributed by atoms with van der Waals surface area (Å²) < 4.78 is 0.